The number of aryl methyl sites for hydroxylation is 1. The van der Waals surface area contributed by atoms with Gasteiger partial charge in [0.25, 0.3) is 0 Å². The fourth-order valence-electron chi connectivity index (χ4n) is 1.47. The lowest BCUT2D eigenvalue weighted by atomic mass is 10.1. The summed E-state index contributed by atoms with van der Waals surface area (Å²) < 4.78 is 14.1. The Hall–Kier alpha value is -1.47. The van der Waals surface area contributed by atoms with Gasteiger partial charge < -0.3 is 0 Å². The maximum absolute atomic E-state index is 13.5. The third-order valence-corrected chi connectivity index (χ3v) is 2.54. The van der Waals surface area contributed by atoms with E-state index < -0.39 is 5.82 Å². The first-order chi connectivity index (χ1) is 7.11. The zero-order valence-corrected chi connectivity index (χ0v) is 9.47. The van der Waals surface area contributed by atoms with E-state index in [4.69, 9.17) is 5.26 Å². The van der Waals surface area contributed by atoms with Crippen molar-refractivity contribution < 1.29 is 4.39 Å². The first-order valence-electron chi connectivity index (χ1n) is 4.28. The Morgan fingerprint density at radius 1 is 1.40 bits per heavy atom. The molecule has 0 saturated carbocycles. The van der Waals surface area contributed by atoms with Gasteiger partial charge in [-0.1, -0.05) is 15.9 Å². The number of aromatic nitrogens is 1. The van der Waals surface area contributed by atoms with Gasteiger partial charge in [0.05, 0.1) is 11.6 Å². The summed E-state index contributed by atoms with van der Waals surface area (Å²) in [5.41, 5.74) is 1.33. The van der Waals surface area contributed by atoms with Crippen LogP contribution in [0.1, 0.15) is 11.3 Å². The minimum Gasteiger partial charge on any atom is -0.250 e. The van der Waals surface area contributed by atoms with Gasteiger partial charge >= 0.3 is 0 Å². The van der Waals surface area contributed by atoms with Gasteiger partial charge in [-0.2, -0.15) is 5.26 Å². The molecule has 0 amide bonds. The molecule has 0 radical (unpaired) electrons. The van der Waals surface area contributed by atoms with Gasteiger partial charge in [0.2, 0.25) is 0 Å². The minimum absolute atomic E-state index is 0.245. The predicted molar refractivity (Wildman–Crippen MR) is 58.9 cm³/mol. The molecule has 2 nitrogen and oxygen atoms in total. The monoisotopic (exact) mass is 264 g/mol. The van der Waals surface area contributed by atoms with E-state index in [1.807, 2.05) is 6.07 Å². The molecule has 2 rings (SSSR count). The van der Waals surface area contributed by atoms with Gasteiger partial charge in [-0.3, -0.25) is 0 Å². The summed E-state index contributed by atoms with van der Waals surface area (Å²) in [4.78, 5) is 4.08. The molecular weight excluding hydrogens is 259 g/mol. The minimum atomic E-state index is -0.417. The van der Waals surface area contributed by atoms with E-state index in [9.17, 15) is 4.39 Å². The Morgan fingerprint density at radius 2 is 2.13 bits per heavy atom. The highest BCUT2D eigenvalue weighted by atomic mass is 79.9. The molecular formula is C11H6BrFN2. The molecule has 1 aromatic carbocycles. The molecule has 0 atom stereocenters. The zero-order valence-electron chi connectivity index (χ0n) is 7.88. The predicted octanol–water partition coefficient (Wildman–Crippen LogP) is 3.32. The van der Waals surface area contributed by atoms with E-state index in [2.05, 4.69) is 20.9 Å². The third-order valence-electron chi connectivity index (χ3n) is 2.08. The van der Waals surface area contributed by atoms with Crippen LogP contribution in [-0.2, 0) is 0 Å². The number of pyridine rings is 1. The summed E-state index contributed by atoms with van der Waals surface area (Å²) in [6.45, 7) is 1.74. The van der Waals surface area contributed by atoms with Crippen LogP contribution in [0.15, 0.2) is 22.7 Å². The first-order valence-corrected chi connectivity index (χ1v) is 5.07. The molecule has 0 N–H and O–H groups in total. The van der Waals surface area contributed by atoms with E-state index in [1.54, 1.807) is 19.1 Å². The molecule has 1 heterocycles. The number of rotatable bonds is 0. The van der Waals surface area contributed by atoms with Crippen LogP contribution < -0.4 is 0 Å². The topological polar surface area (TPSA) is 36.7 Å². The lowest BCUT2D eigenvalue weighted by Gasteiger charge is -2.03. The molecule has 4 heteroatoms. The van der Waals surface area contributed by atoms with Crippen molar-refractivity contribution in [2.24, 2.45) is 0 Å². The van der Waals surface area contributed by atoms with E-state index in [0.29, 0.717) is 21.1 Å². The highest BCUT2D eigenvalue weighted by Crippen LogP contribution is 2.24. The largest absolute Gasteiger partial charge is 0.250 e. The molecule has 0 saturated heterocycles. The van der Waals surface area contributed by atoms with Crippen LogP contribution in [-0.4, -0.2) is 4.98 Å². The number of benzene rings is 1. The Bertz CT molecular complexity index is 587. The van der Waals surface area contributed by atoms with Crippen molar-refractivity contribution >= 4 is 26.8 Å². The van der Waals surface area contributed by atoms with E-state index >= 15 is 0 Å². The number of hydrogen-bond donors (Lipinski definition) is 0. The average Bonchev–Trinajstić information content (AvgIpc) is 2.18. The molecule has 0 spiro atoms. The van der Waals surface area contributed by atoms with Crippen molar-refractivity contribution in [3.63, 3.8) is 0 Å². The number of nitriles is 1. The third kappa shape index (κ3) is 1.71. The summed E-state index contributed by atoms with van der Waals surface area (Å²) in [5, 5.41) is 9.46. The van der Waals surface area contributed by atoms with Crippen molar-refractivity contribution in [3.05, 3.63) is 39.7 Å². The van der Waals surface area contributed by atoms with Crippen LogP contribution in [0.4, 0.5) is 4.39 Å². The first kappa shape index (κ1) is 10.1. The Labute approximate surface area is 94.5 Å². The van der Waals surface area contributed by atoms with Crippen LogP contribution in [0.5, 0.6) is 0 Å². The van der Waals surface area contributed by atoms with Crippen molar-refractivity contribution in [2.45, 2.75) is 6.92 Å². The van der Waals surface area contributed by atoms with Crippen LogP contribution >= 0.6 is 15.9 Å². The van der Waals surface area contributed by atoms with Crippen LogP contribution in [0.3, 0.4) is 0 Å². The smallest absolute Gasteiger partial charge is 0.150 e. The number of hydrogen-bond acceptors (Lipinski definition) is 2. The lowest BCUT2D eigenvalue weighted by Crippen LogP contribution is -1.91. The summed E-state index contributed by atoms with van der Waals surface area (Å²) in [6.07, 6.45) is 0. The quantitative estimate of drug-likeness (QED) is 0.732. The van der Waals surface area contributed by atoms with E-state index in [0.717, 1.165) is 0 Å². The molecule has 1 aromatic heterocycles. The highest BCUT2D eigenvalue weighted by molar-refractivity contribution is 9.10. The van der Waals surface area contributed by atoms with Gasteiger partial charge in [0.15, 0.2) is 5.82 Å². The van der Waals surface area contributed by atoms with Crippen molar-refractivity contribution in [1.82, 2.24) is 4.98 Å². The van der Waals surface area contributed by atoms with E-state index in [1.165, 1.54) is 6.07 Å². The molecule has 74 valence electrons. The lowest BCUT2D eigenvalue weighted by molar-refractivity contribution is 0.635. The zero-order chi connectivity index (χ0) is 11.0. The van der Waals surface area contributed by atoms with Crippen LogP contribution in [0, 0.1) is 24.1 Å². The number of halogens is 2. The maximum Gasteiger partial charge on any atom is 0.150 e. The van der Waals surface area contributed by atoms with Gasteiger partial charge in [-0.25, -0.2) is 9.37 Å². The molecule has 0 unspecified atom stereocenters. The van der Waals surface area contributed by atoms with Crippen molar-refractivity contribution in [2.75, 3.05) is 0 Å². The normalized spacial score (nSPS) is 10.3. The Morgan fingerprint density at radius 3 is 2.80 bits per heavy atom. The van der Waals surface area contributed by atoms with Crippen molar-refractivity contribution in [1.29, 1.82) is 5.26 Å². The van der Waals surface area contributed by atoms with Crippen LogP contribution in [0.2, 0.25) is 0 Å². The second-order valence-electron chi connectivity index (χ2n) is 3.21. The van der Waals surface area contributed by atoms with Gasteiger partial charge in [0.1, 0.15) is 5.52 Å². The molecule has 0 bridgehead atoms. The fraction of sp³-hybridized carbons (Fsp3) is 0.0909. The van der Waals surface area contributed by atoms with E-state index in [-0.39, 0.29) is 5.52 Å². The van der Waals surface area contributed by atoms with Crippen molar-refractivity contribution in [3.8, 4) is 6.07 Å². The molecule has 0 aliphatic heterocycles. The molecule has 15 heavy (non-hydrogen) atoms. The summed E-state index contributed by atoms with van der Waals surface area (Å²) in [5.74, 6) is -0.417. The average molecular weight is 265 g/mol. The second kappa shape index (κ2) is 3.59. The standard InChI is InChI=1S/C11H6BrFN2/c1-6-2-7(5-14)9-3-8(12)4-10(13)11(9)15-6/h2-4H,1H3. The fourth-order valence-corrected chi connectivity index (χ4v) is 1.90. The molecule has 0 aliphatic carbocycles. The summed E-state index contributed by atoms with van der Waals surface area (Å²) in [6, 6.07) is 6.73. The second-order valence-corrected chi connectivity index (χ2v) is 4.12. The molecule has 0 aliphatic rings. The van der Waals surface area contributed by atoms with Gasteiger partial charge in [0, 0.05) is 15.6 Å². The highest BCUT2D eigenvalue weighted by Gasteiger charge is 2.09. The van der Waals surface area contributed by atoms with Gasteiger partial charge in [-0.05, 0) is 25.1 Å². The molecule has 0 fully saturated rings. The molecule has 2 aromatic rings. The Kier molecular flexibility index (Phi) is 2.41. The van der Waals surface area contributed by atoms with Crippen LogP contribution in [0.25, 0.3) is 10.9 Å². The number of fused-ring (bicyclic) bond motifs is 1. The Balaban J connectivity index is 2.98. The number of nitrogens with zero attached hydrogens (tertiary/aromatic N) is 2. The van der Waals surface area contributed by atoms with Gasteiger partial charge in [-0.15, -0.1) is 0 Å². The maximum atomic E-state index is 13.5. The SMILES string of the molecule is Cc1cc(C#N)c2cc(Br)cc(F)c2n1. The summed E-state index contributed by atoms with van der Waals surface area (Å²) in [7, 11) is 0. The summed E-state index contributed by atoms with van der Waals surface area (Å²) >= 11 is 3.19.